The number of rotatable bonds is 8. The number of nitrogens with zero attached hydrogens (tertiary/aromatic N) is 1. The monoisotopic (exact) mass is 350 g/mol. The van der Waals surface area contributed by atoms with Gasteiger partial charge in [0.15, 0.2) is 0 Å². The van der Waals surface area contributed by atoms with Crippen molar-refractivity contribution < 1.29 is 14.3 Å². The van der Waals surface area contributed by atoms with Crippen molar-refractivity contribution in [2.24, 2.45) is 5.92 Å². The second kappa shape index (κ2) is 8.50. The van der Waals surface area contributed by atoms with Crippen LogP contribution in [0.1, 0.15) is 30.9 Å². The van der Waals surface area contributed by atoms with Crippen LogP contribution in [-0.2, 0) is 16.1 Å². The zero-order chi connectivity index (χ0) is 18.4. The van der Waals surface area contributed by atoms with Crippen molar-refractivity contribution in [2.45, 2.75) is 32.5 Å². The van der Waals surface area contributed by atoms with Crippen LogP contribution in [-0.4, -0.2) is 18.6 Å². The Labute approximate surface area is 153 Å². The second-order valence-electron chi connectivity index (χ2n) is 6.54. The number of hydrogen-bond donors (Lipinski definition) is 1. The number of carbonyl (C=O) groups is 1. The molecule has 0 heterocycles. The molecule has 134 valence electrons. The van der Waals surface area contributed by atoms with E-state index in [9.17, 15) is 4.79 Å². The van der Waals surface area contributed by atoms with Gasteiger partial charge in [-0.1, -0.05) is 18.2 Å². The van der Waals surface area contributed by atoms with E-state index >= 15 is 0 Å². The van der Waals surface area contributed by atoms with Crippen LogP contribution in [0.25, 0.3) is 0 Å². The third kappa shape index (κ3) is 5.33. The molecule has 0 bridgehead atoms. The lowest BCUT2D eigenvalue weighted by molar-refractivity contribution is -0.126. The molecular formula is C21H22N2O3. The number of carbonyl (C=O) groups excluding carboxylic acids is 1. The van der Waals surface area contributed by atoms with Gasteiger partial charge in [0.25, 0.3) is 5.91 Å². The van der Waals surface area contributed by atoms with Crippen molar-refractivity contribution in [1.82, 2.24) is 0 Å². The van der Waals surface area contributed by atoms with Crippen molar-refractivity contribution in [3.63, 3.8) is 0 Å². The molecule has 0 aliphatic heterocycles. The van der Waals surface area contributed by atoms with Gasteiger partial charge >= 0.3 is 0 Å². The van der Waals surface area contributed by atoms with Crippen LogP contribution in [0.5, 0.6) is 5.75 Å². The molecule has 1 saturated carbocycles. The fraction of sp³-hybridized carbons (Fsp3) is 0.333. The Bertz CT molecular complexity index is 809. The summed E-state index contributed by atoms with van der Waals surface area (Å²) in [5.41, 5.74) is 2.19. The number of benzene rings is 2. The molecule has 1 aliphatic carbocycles. The largest absolute Gasteiger partial charge is 0.489 e. The zero-order valence-electron chi connectivity index (χ0n) is 14.8. The summed E-state index contributed by atoms with van der Waals surface area (Å²) in [7, 11) is 0. The van der Waals surface area contributed by atoms with Crippen LogP contribution in [0.4, 0.5) is 5.69 Å². The van der Waals surface area contributed by atoms with Gasteiger partial charge in [0, 0.05) is 11.8 Å². The zero-order valence-corrected chi connectivity index (χ0v) is 14.8. The minimum Gasteiger partial charge on any atom is -0.489 e. The summed E-state index contributed by atoms with van der Waals surface area (Å²) < 4.78 is 11.4. The molecule has 2 aromatic carbocycles. The Morgan fingerprint density at radius 3 is 2.85 bits per heavy atom. The van der Waals surface area contributed by atoms with Crippen LogP contribution in [0.15, 0.2) is 48.5 Å². The molecule has 1 N–H and O–H groups in total. The Kier molecular flexibility index (Phi) is 5.88. The predicted molar refractivity (Wildman–Crippen MR) is 98.7 cm³/mol. The maximum atomic E-state index is 12.2. The summed E-state index contributed by atoms with van der Waals surface area (Å²) in [6.45, 7) is 2.77. The molecule has 1 unspecified atom stereocenters. The molecular weight excluding hydrogens is 328 g/mol. The maximum absolute atomic E-state index is 12.2. The van der Waals surface area contributed by atoms with Gasteiger partial charge in [-0.2, -0.15) is 5.26 Å². The van der Waals surface area contributed by atoms with E-state index < -0.39 is 6.10 Å². The second-order valence-corrected chi connectivity index (χ2v) is 6.54. The van der Waals surface area contributed by atoms with Crippen LogP contribution in [0.2, 0.25) is 0 Å². The van der Waals surface area contributed by atoms with Crippen LogP contribution < -0.4 is 10.1 Å². The number of nitrogens with one attached hydrogen (secondary N) is 1. The van der Waals surface area contributed by atoms with Crippen LogP contribution in [0.3, 0.4) is 0 Å². The molecule has 1 amide bonds. The minimum absolute atomic E-state index is 0.162. The molecule has 3 rings (SSSR count). The maximum Gasteiger partial charge on any atom is 0.253 e. The molecule has 5 nitrogen and oxygen atoms in total. The Balaban J connectivity index is 1.53. The van der Waals surface area contributed by atoms with E-state index in [2.05, 4.69) is 11.4 Å². The fourth-order valence-electron chi connectivity index (χ4n) is 2.45. The van der Waals surface area contributed by atoms with E-state index in [1.807, 2.05) is 30.3 Å². The van der Waals surface area contributed by atoms with Gasteiger partial charge in [0.1, 0.15) is 18.5 Å². The smallest absolute Gasteiger partial charge is 0.253 e. The third-order valence-electron chi connectivity index (χ3n) is 4.21. The first-order valence-corrected chi connectivity index (χ1v) is 8.78. The first-order chi connectivity index (χ1) is 12.6. The number of hydrogen-bond acceptors (Lipinski definition) is 4. The van der Waals surface area contributed by atoms with Gasteiger partial charge in [-0.05, 0) is 55.5 Å². The number of ether oxygens (including phenoxy) is 2. The number of anilines is 1. The van der Waals surface area contributed by atoms with Gasteiger partial charge < -0.3 is 14.8 Å². The number of amides is 1. The molecule has 0 aromatic heterocycles. The Morgan fingerprint density at radius 1 is 1.27 bits per heavy atom. The normalized spacial score (nSPS) is 14.3. The predicted octanol–water partition coefficient (Wildman–Crippen LogP) is 3.89. The lowest BCUT2D eigenvalue weighted by atomic mass is 10.1. The Morgan fingerprint density at radius 2 is 2.08 bits per heavy atom. The average Bonchev–Trinajstić information content (AvgIpc) is 3.49. The quantitative estimate of drug-likeness (QED) is 0.784. The summed E-state index contributed by atoms with van der Waals surface area (Å²) in [6.07, 6.45) is 1.92. The van der Waals surface area contributed by atoms with Crippen LogP contribution >= 0.6 is 0 Å². The fourth-order valence-corrected chi connectivity index (χ4v) is 2.45. The molecule has 0 radical (unpaired) electrons. The number of nitriles is 1. The highest BCUT2D eigenvalue weighted by atomic mass is 16.5. The van der Waals surface area contributed by atoms with Crippen molar-refractivity contribution >= 4 is 11.6 Å². The van der Waals surface area contributed by atoms with Gasteiger partial charge in [-0.3, -0.25) is 4.79 Å². The summed E-state index contributed by atoms with van der Waals surface area (Å²) in [4.78, 5) is 12.2. The summed E-state index contributed by atoms with van der Waals surface area (Å²) in [5, 5.41) is 11.8. The summed E-state index contributed by atoms with van der Waals surface area (Å²) >= 11 is 0. The molecule has 1 aliphatic rings. The summed E-state index contributed by atoms with van der Waals surface area (Å²) in [5.74, 6) is 1.11. The highest BCUT2D eigenvalue weighted by Crippen LogP contribution is 2.29. The third-order valence-corrected chi connectivity index (χ3v) is 4.21. The van der Waals surface area contributed by atoms with E-state index in [4.69, 9.17) is 14.7 Å². The highest BCUT2D eigenvalue weighted by molar-refractivity contribution is 5.94. The first kappa shape index (κ1) is 18.0. The van der Waals surface area contributed by atoms with Crippen molar-refractivity contribution in [3.8, 4) is 11.8 Å². The van der Waals surface area contributed by atoms with Crippen LogP contribution in [0, 0.1) is 17.2 Å². The van der Waals surface area contributed by atoms with Gasteiger partial charge in [-0.25, -0.2) is 0 Å². The first-order valence-electron chi connectivity index (χ1n) is 8.78. The Hall–Kier alpha value is -2.84. The summed E-state index contributed by atoms with van der Waals surface area (Å²) in [6, 6.07) is 16.7. The van der Waals surface area contributed by atoms with E-state index in [-0.39, 0.29) is 5.91 Å². The highest BCUT2D eigenvalue weighted by Gasteiger charge is 2.24. The van der Waals surface area contributed by atoms with E-state index in [0.717, 1.165) is 5.56 Å². The molecule has 1 atom stereocenters. The van der Waals surface area contributed by atoms with Gasteiger partial charge in [-0.15, -0.1) is 0 Å². The lowest BCUT2D eigenvalue weighted by Crippen LogP contribution is -2.28. The van der Waals surface area contributed by atoms with E-state index in [1.165, 1.54) is 12.8 Å². The van der Waals surface area contributed by atoms with Crippen molar-refractivity contribution in [1.29, 1.82) is 5.26 Å². The minimum atomic E-state index is -0.478. The van der Waals surface area contributed by atoms with Crippen molar-refractivity contribution in [2.75, 3.05) is 11.9 Å². The molecule has 1 fully saturated rings. The van der Waals surface area contributed by atoms with Crippen molar-refractivity contribution in [3.05, 3.63) is 59.7 Å². The molecule has 26 heavy (non-hydrogen) atoms. The average molecular weight is 350 g/mol. The molecule has 0 saturated heterocycles. The van der Waals surface area contributed by atoms with Gasteiger partial charge in [0.2, 0.25) is 0 Å². The topological polar surface area (TPSA) is 71.3 Å². The SMILES string of the molecule is CC(OCC1CC1)C(=O)Nc1cccc(OCc2cccc(C#N)c2)c1. The van der Waals surface area contributed by atoms with E-state index in [0.29, 0.717) is 36.1 Å². The lowest BCUT2D eigenvalue weighted by Gasteiger charge is -2.14. The van der Waals surface area contributed by atoms with E-state index in [1.54, 1.807) is 25.1 Å². The molecule has 0 spiro atoms. The standard InChI is InChI=1S/C21H22N2O3/c1-15(25-13-16-8-9-16)21(24)23-19-6-3-7-20(11-19)26-14-18-5-2-4-17(10-18)12-22/h2-7,10-11,15-16H,8-9,13-14H2,1H3,(H,23,24). The molecule has 2 aromatic rings. The molecule has 5 heteroatoms. The van der Waals surface area contributed by atoms with Gasteiger partial charge in [0.05, 0.1) is 18.2 Å².